The molecule has 0 bridgehead atoms. The summed E-state index contributed by atoms with van der Waals surface area (Å²) in [4.78, 5) is 0. The van der Waals surface area contributed by atoms with Gasteiger partial charge in [0.1, 0.15) is 0 Å². The molecule has 1 unspecified atom stereocenters. The maximum absolute atomic E-state index is 3.99. The number of hydrogen-bond donors (Lipinski definition) is 1. The first kappa shape index (κ1) is 5.56. The van der Waals surface area contributed by atoms with E-state index < -0.39 is 0 Å². The van der Waals surface area contributed by atoms with E-state index in [1.54, 1.807) is 0 Å². The number of hydrazine groups is 1. The normalized spacial score (nSPS) is 29.9. The fraction of sp³-hybridized carbons (Fsp3) is 0.800. The fourth-order valence-corrected chi connectivity index (χ4v) is 0.618. The minimum absolute atomic E-state index is 0.454. The molecule has 3 heteroatoms. The highest BCUT2D eigenvalue weighted by Gasteiger charge is 2.16. The van der Waals surface area contributed by atoms with Gasteiger partial charge in [0.25, 0.3) is 0 Å². The second-order valence-corrected chi connectivity index (χ2v) is 2.14. The molecule has 0 spiro atoms. The van der Waals surface area contributed by atoms with Crippen LogP contribution in [0, 0.1) is 0 Å². The Morgan fingerprint density at radius 1 is 1.75 bits per heavy atom. The van der Waals surface area contributed by atoms with Crippen molar-refractivity contribution >= 4 is 5.71 Å². The number of hydrazone groups is 1. The summed E-state index contributed by atoms with van der Waals surface area (Å²) >= 11 is 0. The van der Waals surface area contributed by atoms with Gasteiger partial charge in [0.2, 0.25) is 0 Å². The molecule has 0 saturated heterocycles. The van der Waals surface area contributed by atoms with Crippen LogP contribution in [0.15, 0.2) is 5.10 Å². The Balaban J connectivity index is 2.59. The lowest BCUT2D eigenvalue weighted by atomic mass is 10.2. The average molecular weight is 113 g/mol. The Morgan fingerprint density at radius 2 is 2.38 bits per heavy atom. The number of nitrogens with zero attached hydrogens (tertiary/aromatic N) is 2. The molecule has 1 aliphatic heterocycles. The van der Waals surface area contributed by atoms with Crippen LogP contribution in [0.1, 0.15) is 13.8 Å². The summed E-state index contributed by atoms with van der Waals surface area (Å²) in [6.07, 6.45) is 0. The van der Waals surface area contributed by atoms with Crippen LogP contribution in [0.5, 0.6) is 0 Å². The van der Waals surface area contributed by atoms with Gasteiger partial charge in [-0.05, 0) is 13.8 Å². The van der Waals surface area contributed by atoms with Crippen LogP contribution in [0.25, 0.3) is 0 Å². The molecule has 1 rings (SSSR count). The highest BCUT2D eigenvalue weighted by molar-refractivity contribution is 5.87. The maximum atomic E-state index is 3.99. The largest absolute Gasteiger partial charge is 0.240 e. The third-order valence-corrected chi connectivity index (χ3v) is 1.57. The van der Waals surface area contributed by atoms with E-state index >= 15 is 0 Å². The molecule has 0 fully saturated rings. The van der Waals surface area contributed by atoms with Crippen molar-refractivity contribution in [1.82, 2.24) is 10.5 Å². The molecule has 1 heterocycles. The minimum Gasteiger partial charge on any atom is -0.240 e. The van der Waals surface area contributed by atoms with E-state index in [0.717, 1.165) is 5.71 Å². The zero-order valence-corrected chi connectivity index (χ0v) is 5.47. The first-order valence-electron chi connectivity index (χ1n) is 2.74. The Kier molecular flexibility index (Phi) is 1.21. The van der Waals surface area contributed by atoms with Crippen LogP contribution in [0.3, 0.4) is 0 Å². The van der Waals surface area contributed by atoms with Crippen LogP contribution < -0.4 is 5.53 Å². The molecule has 46 valence electrons. The maximum Gasteiger partial charge on any atom is 0.0672 e. The number of nitrogens with one attached hydrogen (secondary N) is 1. The van der Waals surface area contributed by atoms with Gasteiger partial charge in [0.15, 0.2) is 0 Å². The third-order valence-electron chi connectivity index (χ3n) is 1.57. The van der Waals surface area contributed by atoms with Gasteiger partial charge in [0, 0.05) is 7.05 Å². The van der Waals surface area contributed by atoms with Crippen molar-refractivity contribution in [2.24, 2.45) is 5.10 Å². The lowest BCUT2D eigenvalue weighted by Crippen LogP contribution is -2.33. The summed E-state index contributed by atoms with van der Waals surface area (Å²) in [6, 6.07) is 0.454. The molecule has 0 aromatic carbocycles. The zero-order chi connectivity index (χ0) is 6.15. The van der Waals surface area contributed by atoms with Gasteiger partial charge in [-0.15, -0.1) is 0 Å². The van der Waals surface area contributed by atoms with Crippen molar-refractivity contribution in [3.05, 3.63) is 0 Å². The van der Waals surface area contributed by atoms with Crippen molar-refractivity contribution in [2.45, 2.75) is 19.9 Å². The summed E-state index contributed by atoms with van der Waals surface area (Å²) in [6.45, 7) is 4.12. The first-order chi connectivity index (χ1) is 3.72. The van der Waals surface area contributed by atoms with Crippen LogP contribution in [0.2, 0.25) is 0 Å². The van der Waals surface area contributed by atoms with Gasteiger partial charge < -0.3 is 0 Å². The molecule has 0 amide bonds. The zero-order valence-electron chi connectivity index (χ0n) is 5.47. The second-order valence-electron chi connectivity index (χ2n) is 2.14. The molecule has 1 aliphatic rings. The van der Waals surface area contributed by atoms with Crippen molar-refractivity contribution in [2.75, 3.05) is 7.05 Å². The SMILES string of the molecule is CC1=NNN(C)C1C. The Labute approximate surface area is 49.3 Å². The molecule has 0 aromatic rings. The molecule has 8 heavy (non-hydrogen) atoms. The standard InChI is InChI=1S/C5H11N3/c1-4-5(2)8(3)7-6-4/h5,7H,1-3H3. The van der Waals surface area contributed by atoms with E-state index in [9.17, 15) is 0 Å². The van der Waals surface area contributed by atoms with E-state index in [4.69, 9.17) is 0 Å². The molecule has 0 aromatic heterocycles. The first-order valence-corrected chi connectivity index (χ1v) is 2.74. The second kappa shape index (κ2) is 1.74. The molecule has 0 radical (unpaired) electrons. The minimum atomic E-state index is 0.454. The van der Waals surface area contributed by atoms with Crippen LogP contribution in [0.4, 0.5) is 0 Å². The van der Waals surface area contributed by atoms with Gasteiger partial charge >= 0.3 is 0 Å². The highest BCUT2D eigenvalue weighted by Crippen LogP contribution is 2.00. The topological polar surface area (TPSA) is 27.6 Å². The van der Waals surface area contributed by atoms with Gasteiger partial charge in [-0.2, -0.15) is 5.10 Å². The van der Waals surface area contributed by atoms with Crippen molar-refractivity contribution < 1.29 is 0 Å². The summed E-state index contributed by atoms with van der Waals surface area (Å²) in [5.41, 5.74) is 3.99. The number of hydrogen-bond acceptors (Lipinski definition) is 3. The monoisotopic (exact) mass is 113 g/mol. The van der Waals surface area contributed by atoms with Crippen molar-refractivity contribution in [3.8, 4) is 0 Å². The molecular formula is C5H11N3. The molecule has 0 aliphatic carbocycles. The Hall–Kier alpha value is -0.570. The Morgan fingerprint density at radius 3 is 2.50 bits per heavy atom. The summed E-state index contributed by atoms with van der Waals surface area (Å²) in [5, 5.41) is 5.96. The number of rotatable bonds is 0. The van der Waals surface area contributed by atoms with E-state index in [2.05, 4.69) is 17.6 Å². The summed E-state index contributed by atoms with van der Waals surface area (Å²) < 4.78 is 0. The predicted molar refractivity (Wildman–Crippen MR) is 33.5 cm³/mol. The molecule has 3 nitrogen and oxygen atoms in total. The average Bonchev–Trinajstić information content (AvgIpc) is 1.98. The van der Waals surface area contributed by atoms with Gasteiger partial charge in [-0.1, -0.05) is 0 Å². The van der Waals surface area contributed by atoms with Crippen LogP contribution in [-0.2, 0) is 0 Å². The summed E-state index contributed by atoms with van der Waals surface area (Å²) in [7, 11) is 1.98. The molecule has 0 saturated carbocycles. The lowest BCUT2D eigenvalue weighted by molar-refractivity contribution is 0.248. The predicted octanol–water partition coefficient (Wildman–Crippen LogP) is 0.201. The van der Waals surface area contributed by atoms with E-state index in [1.165, 1.54) is 0 Å². The Bertz CT molecular complexity index is 119. The lowest BCUT2D eigenvalue weighted by Gasteiger charge is -2.12. The van der Waals surface area contributed by atoms with E-state index in [-0.39, 0.29) is 0 Å². The molecular weight excluding hydrogens is 102 g/mol. The van der Waals surface area contributed by atoms with Crippen LogP contribution in [-0.4, -0.2) is 23.8 Å². The molecule has 1 atom stereocenters. The van der Waals surface area contributed by atoms with Crippen molar-refractivity contribution in [3.63, 3.8) is 0 Å². The highest BCUT2D eigenvalue weighted by atomic mass is 15.7. The van der Waals surface area contributed by atoms with Crippen molar-refractivity contribution in [1.29, 1.82) is 0 Å². The van der Waals surface area contributed by atoms with Gasteiger partial charge in [0.05, 0.1) is 11.8 Å². The van der Waals surface area contributed by atoms with E-state index in [1.807, 2.05) is 19.0 Å². The summed E-state index contributed by atoms with van der Waals surface area (Å²) in [5.74, 6) is 0. The van der Waals surface area contributed by atoms with E-state index in [0.29, 0.717) is 6.04 Å². The molecule has 1 N–H and O–H groups in total. The quantitative estimate of drug-likeness (QED) is 0.486. The van der Waals surface area contributed by atoms with Gasteiger partial charge in [-0.3, -0.25) is 0 Å². The third kappa shape index (κ3) is 0.690. The smallest absolute Gasteiger partial charge is 0.0672 e. The fourth-order valence-electron chi connectivity index (χ4n) is 0.618. The van der Waals surface area contributed by atoms with Crippen LogP contribution >= 0.6 is 0 Å². The van der Waals surface area contributed by atoms with Gasteiger partial charge in [-0.25, -0.2) is 10.5 Å².